The number of carbonyl (C=O) groups is 1. The van der Waals surface area contributed by atoms with Gasteiger partial charge in [0.05, 0.1) is 13.5 Å². The molecule has 0 atom stereocenters. The summed E-state index contributed by atoms with van der Waals surface area (Å²) < 4.78 is 18.2. The van der Waals surface area contributed by atoms with E-state index in [0.717, 1.165) is 16.8 Å². The van der Waals surface area contributed by atoms with Gasteiger partial charge in [-0.2, -0.15) is 0 Å². The first-order valence-corrected chi connectivity index (χ1v) is 6.45. The van der Waals surface area contributed by atoms with Crippen molar-refractivity contribution >= 4 is 11.7 Å². The number of halogens is 1. The second-order valence-corrected chi connectivity index (χ2v) is 4.59. The number of hydrogen-bond acceptors (Lipinski definition) is 3. The van der Waals surface area contributed by atoms with E-state index >= 15 is 0 Å². The van der Waals surface area contributed by atoms with Gasteiger partial charge >= 0.3 is 5.97 Å². The molecule has 110 valence electrons. The van der Waals surface area contributed by atoms with Crippen LogP contribution in [0.4, 0.5) is 10.1 Å². The third-order valence-electron chi connectivity index (χ3n) is 3.03. The Labute approximate surface area is 122 Å². The minimum absolute atomic E-state index is 0.0167. The molecule has 2 aromatic carbocycles. The molecule has 0 aliphatic rings. The van der Waals surface area contributed by atoms with E-state index in [9.17, 15) is 9.18 Å². The molecule has 0 heterocycles. The molecule has 5 heteroatoms. The van der Waals surface area contributed by atoms with E-state index in [-0.39, 0.29) is 12.2 Å². The number of rotatable bonds is 6. The summed E-state index contributed by atoms with van der Waals surface area (Å²) in [6, 6.07) is 11.9. The van der Waals surface area contributed by atoms with E-state index in [4.69, 9.17) is 9.84 Å². The predicted molar refractivity (Wildman–Crippen MR) is 78.1 cm³/mol. The van der Waals surface area contributed by atoms with Crippen molar-refractivity contribution in [3.8, 4) is 5.75 Å². The van der Waals surface area contributed by atoms with E-state index in [1.54, 1.807) is 24.3 Å². The molecule has 0 aliphatic heterocycles. The molecule has 0 spiro atoms. The van der Waals surface area contributed by atoms with Crippen LogP contribution in [0.5, 0.6) is 5.75 Å². The Morgan fingerprint density at radius 1 is 1.19 bits per heavy atom. The third kappa shape index (κ3) is 4.21. The van der Waals surface area contributed by atoms with Crippen LogP contribution in [0.3, 0.4) is 0 Å². The zero-order chi connectivity index (χ0) is 15.2. The quantitative estimate of drug-likeness (QED) is 0.858. The molecule has 0 bridgehead atoms. The Morgan fingerprint density at radius 3 is 2.48 bits per heavy atom. The second kappa shape index (κ2) is 6.74. The Morgan fingerprint density at radius 2 is 1.86 bits per heavy atom. The largest absolute Gasteiger partial charge is 0.494 e. The number of anilines is 1. The molecule has 0 radical (unpaired) electrons. The highest BCUT2D eigenvalue weighted by molar-refractivity contribution is 5.70. The fourth-order valence-electron chi connectivity index (χ4n) is 1.92. The number of methoxy groups -OCH3 is 1. The first-order chi connectivity index (χ1) is 10.1. The first-order valence-electron chi connectivity index (χ1n) is 6.45. The molecule has 2 rings (SSSR count). The number of benzene rings is 2. The summed E-state index contributed by atoms with van der Waals surface area (Å²) in [5.41, 5.74) is 2.52. The monoisotopic (exact) mass is 289 g/mol. The second-order valence-electron chi connectivity index (χ2n) is 4.59. The maximum atomic E-state index is 13.3. The Kier molecular flexibility index (Phi) is 4.77. The number of ether oxygens (including phenoxy) is 1. The molecule has 4 nitrogen and oxygen atoms in total. The predicted octanol–water partition coefficient (Wildman–Crippen LogP) is 3.07. The van der Waals surface area contributed by atoms with Crippen LogP contribution in [0.25, 0.3) is 0 Å². The van der Waals surface area contributed by atoms with E-state index < -0.39 is 11.8 Å². The normalized spacial score (nSPS) is 10.2. The van der Waals surface area contributed by atoms with Crippen LogP contribution in [0.15, 0.2) is 42.5 Å². The lowest BCUT2D eigenvalue weighted by molar-refractivity contribution is -0.136. The van der Waals surface area contributed by atoms with Gasteiger partial charge in [0.15, 0.2) is 11.6 Å². The molecule has 0 aromatic heterocycles. The van der Waals surface area contributed by atoms with Gasteiger partial charge in [-0.05, 0) is 23.3 Å². The van der Waals surface area contributed by atoms with Gasteiger partial charge in [0.25, 0.3) is 0 Å². The highest BCUT2D eigenvalue weighted by Crippen LogP contribution is 2.21. The van der Waals surface area contributed by atoms with Crippen molar-refractivity contribution in [1.29, 1.82) is 0 Å². The van der Waals surface area contributed by atoms with Crippen molar-refractivity contribution in [2.75, 3.05) is 12.4 Å². The maximum Gasteiger partial charge on any atom is 0.307 e. The van der Waals surface area contributed by atoms with Gasteiger partial charge < -0.3 is 15.2 Å². The maximum absolute atomic E-state index is 13.3. The molecule has 0 aliphatic carbocycles. The van der Waals surface area contributed by atoms with Gasteiger partial charge in [0.2, 0.25) is 0 Å². The van der Waals surface area contributed by atoms with Crippen LogP contribution in [0, 0.1) is 5.82 Å². The summed E-state index contributed by atoms with van der Waals surface area (Å²) in [4.78, 5) is 10.6. The molecule has 0 fully saturated rings. The van der Waals surface area contributed by atoms with Gasteiger partial charge in [-0.25, -0.2) is 4.39 Å². The molecule has 0 saturated heterocycles. The fraction of sp³-hybridized carbons (Fsp3) is 0.188. The van der Waals surface area contributed by atoms with Crippen LogP contribution in [0.2, 0.25) is 0 Å². The average Bonchev–Trinajstić information content (AvgIpc) is 2.47. The van der Waals surface area contributed by atoms with Gasteiger partial charge in [0, 0.05) is 18.3 Å². The Bertz CT molecular complexity index is 626. The van der Waals surface area contributed by atoms with Crippen molar-refractivity contribution in [3.63, 3.8) is 0 Å². The number of hydrogen-bond donors (Lipinski definition) is 2. The zero-order valence-electron chi connectivity index (χ0n) is 11.6. The highest BCUT2D eigenvalue weighted by Gasteiger charge is 2.04. The van der Waals surface area contributed by atoms with Crippen molar-refractivity contribution in [2.24, 2.45) is 0 Å². The number of nitrogens with one attached hydrogen (secondary N) is 1. The minimum Gasteiger partial charge on any atom is -0.494 e. The topological polar surface area (TPSA) is 58.6 Å². The molecule has 21 heavy (non-hydrogen) atoms. The summed E-state index contributed by atoms with van der Waals surface area (Å²) >= 11 is 0. The lowest BCUT2D eigenvalue weighted by Crippen LogP contribution is -2.02. The van der Waals surface area contributed by atoms with Crippen molar-refractivity contribution in [1.82, 2.24) is 0 Å². The van der Waals surface area contributed by atoms with Crippen LogP contribution < -0.4 is 10.1 Å². The van der Waals surface area contributed by atoms with Crippen molar-refractivity contribution in [2.45, 2.75) is 13.0 Å². The standard InChI is InChI=1S/C16H16FNO3/c1-21-15-9-13(6-7-14(15)17)18-10-12-4-2-11(3-5-12)8-16(19)20/h2-7,9,18H,8,10H2,1H3,(H,19,20). The highest BCUT2D eigenvalue weighted by atomic mass is 19.1. The summed E-state index contributed by atoms with van der Waals surface area (Å²) in [6.07, 6.45) is 0.0167. The minimum atomic E-state index is -0.848. The van der Waals surface area contributed by atoms with Gasteiger partial charge in [-0.15, -0.1) is 0 Å². The van der Waals surface area contributed by atoms with Gasteiger partial charge in [-0.1, -0.05) is 24.3 Å². The molecular formula is C16H16FNO3. The smallest absolute Gasteiger partial charge is 0.307 e. The van der Waals surface area contributed by atoms with Crippen LogP contribution >= 0.6 is 0 Å². The molecule has 0 saturated carbocycles. The van der Waals surface area contributed by atoms with E-state index in [1.165, 1.54) is 13.2 Å². The summed E-state index contributed by atoms with van der Waals surface area (Å²) in [6.45, 7) is 0.558. The van der Waals surface area contributed by atoms with Crippen LogP contribution in [-0.2, 0) is 17.8 Å². The van der Waals surface area contributed by atoms with Crippen molar-refractivity contribution < 1.29 is 19.0 Å². The SMILES string of the molecule is COc1cc(NCc2ccc(CC(=O)O)cc2)ccc1F. The Hall–Kier alpha value is -2.56. The molecule has 2 N–H and O–H groups in total. The van der Waals surface area contributed by atoms with Crippen LogP contribution in [-0.4, -0.2) is 18.2 Å². The number of carboxylic acid groups (broad SMARTS) is 1. The van der Waals surface area contributed by atoms with E-state index in [1.807, 2.05) is 12.1 Å². The molecule has 0 amide bonds. The molecule has 0 unspecified atom stereocenters. The summed E-state index contributed by atoms with van der Waals surface area (Å²) in [5, 5.41) is 11.9. The zero-order valence-corrected chi connectivity index (χ0v) is 11.6. The summed E-state index contributed by atoms with van der Waals surface area (Å²) in [7, 11) is 1.42. The van der Waals surface area contributed by atoms with Gasteiger partial charge in [-0.3, -0.25) is 4.79 Å². The molecular weight excluding hydrogens is 273 g/mol. The average molecular weight is 289 g/mol. The third-order valence-corrected chi connectivity index (χ3v) is 3.03. The molecule has 2 aromatic rings. The fourth-order valence-corrected chi connectivity index (χ4v) is 1.92. The lowest BCUT2D eigenvalue weighted by atomic mass is 10.1. The van der Waals surface area contributed by atoms with Crippen molar-refractivity contribution in [3.05, 3.63) is 59.4 Å². The van der Waals surface area contributed by atoms with E-state index in [2.05, 4.69) is 5.32 Å². The van der Waals surface area contributed by atoms with E-state index in [0.29, 0.717) is 6.54 Å². The van der Waals surface area contributed by atoms with Crippen LogP contribution in [0.1, 0.15) is 11.1 Å². The summed E-state index contributed by atoms with van der Waals surface area (Å²) in [5.74, 6) is -1.06. The number of carboxylic acids is 1. The van der Waals surface area contributed by atoms with Gasteiger partial charge in [0.1, 0.15) is 0 Å². The lowest BCUT2D eigenvalue weighted by Gasteiger charge is -2.09. The first kappa shape index (κ1) is 14.8. The number of aliphatic carboxylic acids is 1. The Balaban J connectivity index is 1.98.